The molecular formula is C16H24O3S. The highest BCUT2D eigenvalue weighted by Gasteiger charge is 2.35. The second-order valence-corrected chi connectivity index (χ2v) is 7.80. The van der Waals surface area contributed by atoms with Crippen LogP contribution in [0.3, 0.4) is 0 Å². The molecule has 0 heterocycles. The number of rotatable bonds is 4. The molecule has 1 saturated carbocycles. The summed E-state index contributed by atoms with van der Waals surface area (Å²) in [6.45, 7) is 6.46. The molecule has 1 aromatic carbocycles. The molecule has 0 spiro atoms. The smallest absolute Gasteiger partial charge is 0.263 e. The van der Waals surface area contributed by atoms with Crippen molar-refractivity contribution in [2.45, 2.75) is 51.0 Å². The maximum absolute atomic E-state index is 12.4. The number of hydrogen-bond acceptors (Lipinski definition) is 3. The highest BCUT2D eigenvalue weighted by atomic mass is 32.2. The monoisotopic (exact) mass is 296 g/mol. The van der Waals surface area contributed by atoms with E-state index in [1.807, 2.05) is 0 Å². The predicted molar refractivity (Wildman–Crippen MR) is 79.8 cm³/mol. The zero-order valence-electron chi connectivity index (χ0n) is 12.5. The lowest BCUT2D eigenvalue weighted by Crippen LogP contribution is -2.35. The van der Waals surface area contributed by atoms with Crippen LogP contribution in [0.25, 0.3) is 0 Å². The van der Waals surface area contributed by atoms with Crippen LogP contribution in [0.15, 0.2) is 35.2 Å². The summed E-state index contributed by atoms with van der Waals surface area (Å²) in [6.07, 6.45) is 2.85. The van der Waals surface area contributed by atoms with E-state index >= 15 is 0 Å². The summed E-state index contributed by atoms with van der Waals surface area (Å²) in [5.74, 6) is 1.30. The minimum Gasteiger partial charge on any atom is -0.263 e. The molecule has 2 rings (SSSR count). The van der Waals surface area contributed by atoms with E-state index in [2.05, 4.69) is 20.8 Å². The van der Waals surface area contributed by atoms with Gasteiger partial charge in [-0.2, -0.15) is 8.42 Å². The van der Waals surface area contributed by atoms with Crippen LogP contribution in [0.5, 0.6) is 0 Å². The van der Waals surface area contributed by atoms with Gasteiger partial charge in [-0.25, -0.2) is 0 Å². The van der Waals surface area contributed by atoms with Crippen LogP contribution in [-0.4, -0.2) is 14.5 Å². The third-order valence-corrected chi connectivity index (χ3v) is 5.59. The van der Waals surface area contributed by atoms with Crippen molar-refractivity contribution in [3.8, 4) is 0 Å². The van der Waals surface area contributed by atoms with E-state index in [0.29, 0.717) is 17.8 Å². The van der Waals surface area contributed by atoms with Crippen molar-refractivity contribution in [1.82, 2.24) is 0 Å². The molecule has 0 amide bonds. The SMILES string of the molecule is CC(C)[C@H]1CC[C@H](C)C[C@H]1OS(=O)(=O)c1ccccc1. The van der Waals surface area contributed by atoms with Crippen molar-refractivity contribution < 1.29 is 12.6 Å². The van der Waals surface area contributed by atoms with Crippen molar-refractivity contribution in [2.75, 3.05) is 0 Å². The van der Waals surface area contributed by atoms with Gasteiger partial charge in [0.2, 0.25) is 0 Å². The molecule has 4 heteroatoms. The van der Waals surface area contributed by atoms with Crippen LogP contribution < -0.4 is 0 Å². The third kappa shape index (κ3) is 3.61. The molecule has 0 N–H and O–H groups in total. The molecule has 1 aliphatic carbocycles. The minimum absolute atomic E-state index is 0.191. The first-order chi connectivity index (χ1) is 9.40. The molecule has 3 nitrogen and oxygen atoms in total. The number of benzene rings is 1. The van der Waals surface area contributed by atoms with Crippen molar-refractivity contribution in [1.29, 1.82) is 0 Å². The van der Waals surface area contributed by atoms with Gasteiger partial charge in [0.15, 0.2) is 0 Å². The van der Waals surface area contributed by atoms with Crippen molar-refractivity contribution in [2.24, 2.45) is 17.8 Å². The van der Waals surface area contributed by atoms with Crippen LogP contribution in [-0.2, 0) is 14.3 Å². The second-order valence-electron chi connectivity index (χ2n) is 6.23. The summed E-state index contributed by atoms with van der Waals surface area (Å²) in [5, 5.41) is 0. The predicted octanol–water partition coefficient (Wildman–Crippen LogP) is 3.85. The van der Waals surface area contributed by atoms with Gasteiger partial charge in [0.25, 0.3) is 10.1 Å². The lowest BCUT2D eigenvalue weighted by Gasteiger charge is -2.36. The van der Waals surface area contributed by atoms with E-state index in [1.165, 1.54) is 0 Å². The average Bonchev–Trinajstić information content (AvgIpc) is 2.39. The van der Waals surface area contributed by atoms with E-state index in [0.717, 1.165) is 19.3 Å². The minimum atomic E-state index is -3.65. The maximum Gasteiger partial charge on any atom is 0.297 e. The van der Waals surface area contributed by atoms with Gasteiger partial charge < -0.3 is 0 Å². The molecular weight excluding hydrogens is 272 g/mol. The van der Waals surface area contributed by atoms with Gasteiger partial charge in [0.1, 0.15) is 0 Å². The molecule has 1 aromatic rings. The Hall–Kier alpha value is -0.870. The Labute approximate surface area is 122 Å². The van der Waals surface area contributed by atoms with Gasteiger partial charge in [0, 0.05) is 0 Å². The molecule has 0 bridgehead atoms. The molecule has 0 saturated heterocycles. The highest BCUT2D eigenvalue weighted by molar-refractivity contribution is 7.86. The van der Waals surface area contributed by atoms with Gasteiger partial charge in [0.05, 0.1) is 11.0 Å². The van der Waals surface area contributed by atoms with Crippen LogP contribution in [0.1, 0.15) is 40.0 Å². The molecule has 1 aliphatic rings. The Morgan fingerprint density at radius 2 is 1.80 bits per heavy atom. The lowest BCUT2D eigenvalue weighted by atomic mass is 9.75. The van der Waals surface area contributed by atoms with Gasteiger partial charge in [-0.05, 0) is 42.7 Å². The number of hydrogen-bond donors (Lipinski definition) is 0. The highest BCUT2D eigenvalue weighted by Crippen LogP contribution is 2.36. The fourth-order valence-corrected chi connectivity index (χ4v) is 4.18. The molecule has 0 aromatic heterocycles. The summed E-state index contributed by atoms with van der Waals surface area (Å²) in [6, 6.07) is 8.43. The fraction of sp³-hybridized carbons (Fsp3) is 0.625. The Kier molecular flexibility index (Phi) is 4.86. The van der Waals surface area contributed by atoms with E-state index in [9.17, 15) is 8.42 Å². The Morgan fingerprint density at radius 3 is 2.40 bits per heavy atom. The standard InChI is InChI=1S/C16H24O3S/c1-12(2)15-10-9-13(3)11-16(15)19-20(17,18)14-7-5-4-6-8-14/h4-8,12-13,15-16H,9-11H2,1-3H3/t13-,15+,16+/m0/s1. The summed E-state index contributed by atoms with van der Waals surface area (Å²) in [4.78, 5) is 0.251. The Balaban J connectivity index is 2.18. The zero-order valence-corrected chi connectivity index (χ0v) is 13.3. The molecule has 1 fully saturated rings. The van der Waals surface area contributed by atoms with Gasteiger partial charge >= 0.3 is 0 Å². The third-order valence-electron chi connectivity index (χ3n) is 4.24. The van der Waals surface area contributed by atoms with Crippen LogP contribution in [0.2, 0.25) is 0 Å². The lowest BCUT2D eigenvalue weighted by molar-refractivity contribution is 0.0511. The summed E-state index contributed by atoms with van der Waals surface area (Å²) in [7, 11) is -3.65. The van der Waals surface area contributed by atoms with E-state index < -0.39 is 10.1 Å². The van der Waals surface area contributed by atoms with Gasteiger partial charge in [-0.3, -0.25) is 4.18 Å². The summed E-state index contributed by atoms with van der Waals surface area (Å²) < 4.78 is 30.3. The normalized spacial score (nSPS) is 27.7. The first kappa shape index (κ1) is 15.5. The Morgan fingerprint density at radius 1 is 1.15 bits per heavy atom. The van der Waals surface area contributed by atoms with E-state index in [4.69, 9.17) is 4.18 Å². The first-order valence-electron chi connectivity index (χ1n) is 7.38. The molecule has 20 heavy (non-hydrogen) atoms. The van der Waals surface area contributed by atoms with Crippen molar-refractivity contribution in [3.63, 3.8) is 0 Å². The quantitative estimate of drug-likeness (QED) is 0.793. The van der Waals surface area contributed by atoms with Gasteiger partial charge in [-0.1, -0.05) is 45.4 Å². The maximum atomic E-state index is 12.4. The first-order valence-corrected chi connectivity index (χ1v) is 8.79. The van der Waals surface area contributed by atoms with Crippen molar-refractivity contribution >= 4 is 10.1 Å². The van der Waals surface area contributed by atoms with Gasteiger partial charge in [-0.15, -0.1) is 0 Å². The average molecular weight is 296 g/mol. The molecule has 0 unspecified atom stereocenters. The Bertz CT molecular complexity index is 522. The summed E-state index contributed by atoms with van der Waals surface area (Å²) >= 11 is 0. The zero-order chi connectivity index (χ0) is 14.8. The van der Waals surface area contributed by atoms with Crippen molar-refractivity contribution in [3.05, 3.63) is 30.3 Å². The fourth-order valence-electron chi connectivity index (χ4n) is 3.03. The summed E-state index contributed by atoms with van der Waals surface area (Å²) in [5.41, 5.74) is 0. The molecule has 3 atom stereocenters. The van der Waals surface area contributed by atoms with Crippen LogP contribution >= 0.6 is 0 Å². The molecule has 0 aliphatic heterocycles. The van der Waals surface area contributed by atoms with Crippen LogP contribution in [0.4, 0.5) is 0 Å². The molecule has 0 radical (unpaired) electrons. The largest absolute Gasteiger partial charge is 0.297 e. The molecule has 112 valence electrons. The van der Waals surface area contributed by atoms with E-state index in [1.54, 1.807) is 30.3 Å². The van der Waals surface area contributed by atoms with Crippen LogP contribution in [0, 0.1) is 17.8 Å². The second kappa shape index (κ2) is 6.27. The topological polar surface area (TPSA) is 43.4 Å². The van der Waals surface area contributed by atoms with E-state index in [-0.39, 0.29) is 11.0 Å².